The number of likely N-dealkylation sites (N-methyl/N-ethyl adjacent to an activating group) is 1. The van der Waals surface area contributed by atoms with Crippen LogP contribution in [0.1, 0.15) is 17.9 Å². The molecule has 2 aromatic carbocycles. The second-order valence-corrected chi connectivity index (χ2v) is 5.90. The number of piperidine rings is 1. The van der Waals surface area contributed by atoms with Gasteiger partial charge < -0.3 is 5.73 Å². The Kier molecular flexibility index (Phi) is 4.25. The van der Waals surface area contributed by atoms with Gasteiger partial charge in [-0.2, -0.15) is 0 Å². The number of carbonyl (C=O) groups is 1. The van der Waals surface area contributed by atoms with Gasteiger partial charge >= 0.3 is 0 Å². The van der Waals surface area contributed by atoms with Crippen LogP contribution in [0.2, 0.25) is 0 Å². The van der Waals surface area contributed by atoms with E-state index in [1.165, 1.54) is 16.7 Å². The van der Waals surface area contributed by atoms with Crippen molar-refractivity contribution in [3.05, 3.63) is 66.6 Å². The number of nitrogens with zero attached hydrogens (tertiary/aromatic N) is 1. The van der Waals surface area contributed by atoms with Gasteiger partial charge in [-0.05, 0) is 49.0 Å². The molecule has 0 aliphatic carbocycles. The van der Waals surface area contributed by atoms with Crippen LogP contribution in [-0.4, -0.2) is 30.4 Å². The van der Waals surface area contributed by atoms with E-state index in [1.54, 1.807) is 0 Å². The summed E-state index contributed by atoms with van der Waals surface area (Å²) in [6.45, 7) is 0.884. The number of likely N-dealkylation sites (tertiary alicyclic amines) is 1. The fourth-order valence-electron chi connectivity index (χ4n) is 3.09. The van der Waals surface area contributed by atoms with Gasteiger partial charge in [0.1, 0.15) is 0 Å². The Bertz CT molecular complexity index is 636. The van der Waals surface area contributed by atoms with Gasteiger partial charge in [0.15, 0.2) is 0 Å². The van der Waals surface area contributed by atoms with Crippen molar-refractivity contribution in [1.82, 2.24) is 4.90 Å². The average Bonchev–Trinajstić information content (AvgIpc) is 2.56. The van der Waals surface area contributed by atoms with Gasteiger partial charge in [-0.1, -0.05) is 54.6 Å². The smallest absolute Gasteiger partial charge is 0.235 e. The molecule has 1 aliphatic rings. The fourth-order valence-corrected chi connectivity index (χ4v) is 3.09. The highest BCUT2D eigenvalue weighted by Crippen LogP contribution is 2.31. The number of hydrogen-bond acceptors (Lipinski definition) is 2. The maximum atomic E-state index is 11.5. The van der Waals surface area contributed by atoms with Crippen LogP contribution in [0.4, 0.5) is 0 Å². The minimum absolute atomic E-state index is 0.270. The Balaban J connectivity index is 1.77. The van der Waals surface area contributed by atoms with Gasteiger partial charge in [0.25, 0.3) is 0 Å². The Morgan fingerprint density at radius 3 is 2.32 bits per heavy atom. The van der Waals surface area contributed by atoms with Gasteiger partial charge in [0.05, 0.1) is 6.04 Å². The molecular formula is C19H21N2O. The van der Waals surface area contributed by atoms with Crippen molar-refractivity contribution in [3.63, 3.8) is 0 Å². The number of primary amides is 1. The summed E-state index contributed by atoms with van der Waals surface area (Å²) < 4.78 is 0. The van der Waals surface area contributed by atoms with E-state index in [0.29, 0.717) is 5.92 Å². The SMILES string of the molecule is CN1CC[C@@H](c2ccc(-c3ccccc3)cc2)[CH][C@H]1C(N)=O. The van der Waals surface area contributed by atoms with Crippen molar-refractivity contribution in [2.24, 2.45) is 5.73 Å². The standard InChI is InChI=1S/C19H21N2O/c1-21-12-11-17(13-18(21)19(20)22)16-9-7-15(8-10-16)14-5-3-2-4-6-14/h2-10,13,17-18H,11-12H2,1H3,(H2,20,22)/t17-,18+/m1/s1. The molecule has 1 heterocycles. The predicted octanol–water partition coefficient (Wildman–Crippen LogP) is 2.83. The van der Waals surface area contributed by atoms with Crippen LogP contribution >= 0.6 is 0 Å². The molecule has 0 saturated carbocycles. The number of rotatable bonds is 3. The van der Waals surface area contributed by atoms with Gasteiger partial charge in [-0.3, -0.25) is 9.69 Å². The molecule has 113 valence electrons. The molecule has 22 heavy (non-hydrogen) atoms. The van der Waals surface area contributed by atoms with Gasteiger partial charge in [0, 0.05) is 0 Å². The maximum Gasteiger partial charge on any atom is 0.235 e. The molecule has 0 bridgehead atoms. The van der Waals surface area contributed by atoms with E-state index in [-0.39, 0.29) is 11.9 Å². The number of carbonyl (C=O) groups excluding carboxylic acids is 1. The minimum atomic E-state index is -0.271. The van der Waals surface area contributed by atoms with Crippen molar-refractivity contribution in [2.75, 3.05) is 13.6 Å². The Morgan fingerprint density at radius 1 is 1.05 bits per heavy atom. The third-order valence-corrected chi connectivity index (χ3v) is 4.42. The van der Waals surface area contributed by atoms with E-state index in [4.69, 9.17) is 5.73 Å². The third kappa shape index (κ3) is 3.04. The first kappa shape index (κ1) is 14.8. The molecular weight excluding hydrogens is 272 g/mol. The zero-order chi connectivity index (χ0) is 15.5. The van der Waals surface area contributed by atoms with Crippen LogP contribution < -0.4 is 5.73 Å². The molecule has 0 spiro atoms. The van der Waals surface area contributed by atoms with Crippen LogP contribution in [-0.2, 0) is 4.79 Å². The van der Waals surface area contributed by atoms with Crippen molar-refractivity contribution in [1.29, 1.82) is 0 Å². The maximum absolute atomic E-state index is 11.5. The van der Waals surface area contributed by atoms with E-state index >= 15 is 0 Å². The lowest BCUT2D eigenvalue weighted by Crippen LogP contribution is -2.47. The molecule has 1 fully saturated rings. The second kappa shape index (κ2) is 6.32. The first-order valence-electron chi connectivity index (χ1n) is 7.65. The lowest BCUT2D eigenvalue weighted by molar-refractivity contribution is -0.122. The van der Waals surface area contributed by atoms with Crippen LogP contribution in [0.25, 0.3) is 11.1 Å². The molecule has 3 heteroatoms. The molecule has 3 nitrogen and oxygen atoms in total. The third-order valence-electron chi connectivity index (χ3n) is 4.42. The number of amides is 1. The van der Waals surface area contributed by atoms with Crippen molar-refractivity contribution in [3.8, 4) is 11.1 Å². The van der Waals surface area contributed by atoms with Crippen LogP contribution in [0.3, 0.4) is 0 Å². The molecule has 2 atom stereocenters. The molecule has 2 N–H and O–H groups in total. The summed E-state index contributed by atoms with van der Waals surface area (Å²) in [6.07, 6.45) is 3.09. The van der Waals surface area contributed by atoms with Gasteiger partial charge in [-0.15, -0.1) is 0 Å². The lowest BCUT2D eigenvalue weighted by Gasteiger charge is -2.35. The van der Waals surface area contributed by atoms with Gasteiger partial charge in [0.2, 0.25) is 5.91 Å². The van der Waals surface area contributed by atoms with E-state index in [2.05, 4.69) is 42.8 Å². The molecule has 0 aromatic heterocycles. The molecule has 1 aliphatic heterocycles. The Morgan fingerprint density at radius 2 is 1.68 bits per heavy atom. The summed E-state index contributed by atoms with van der Waals surface area (Å²) in [5.41, 5.74) is 9.17. The normalized spacial score (nSPS) is 22.4. The monoisotopic (exact) mass is 293 g/mol. The molecule has 3 rings (SSSR count). The largest absolute Gasteiger partial charge is 0.368 e. The minimum Gasteiger partial charge on any atom is -0.368 e. The van der Waals surface area contributed by atoms with E-state index < -0.39 is 0 Å². The predicted molar refractivity (Wildman–Crippen MR) is 89.1 cm³/mol. The average molecular weight is 293 g/mol. The van der Waals surface area contributed by atoms with E-state index in [0.717, 1.165) is 13.0 Å². The Labute approximate surface area is 131 Å². The fraction of sp³-hybridized carbons (Fsp3) is 0.263. The zero-order valence-corrected chi connectivity index (χ0v) is 12.8. The highest BCUT2D eigenvalue weighted by molar-refractivity contribution is 5.81. The number of benzene rings is 2. The van der Waals surface area contributed by atoms with Crippen molar-refractivity contribution < 1.29 is 4.79 Å². The second-order valence-electron chi connectivity index (χ2n) is 5.90. The van der Waals surface area contributed by atoms with Crippen LogP contribution in [0.5, 0.6) is 0 Å². The summed E-state index contributed by atoms with van der Waals surface area (Å²) in [6, 6.07) is 18.7. The molecule has 2 aromatic rings. The number of nitrogens with two attached hydrogens (primary N) is 1. The summed E-state index contributed by atoms with van der Waals surface area (Å²) in [4.78, 5) is 13.5. The van der Waals surface area contributed by atoms with Crippen LogP contribution in [0, 0.1) is 6.42 Å². The quantitative estimate of drug-likeness (QED) is 0.946. The summed E-state index contributed by atoms with van der Waals surface area (Å²) in [7, 11) is 1.95. The molecule has 1 radical (unpaired) electrons. The number of hydrogen-bond donors (Lipinski definition) is 1. The van der Waals surface area contributed by atoms with Crippen molar-refractivity contribution >= 4 is 5.91 Å². The molecule has 0 unspecified atom stereocenters. The topological polar surface area (TPSA) is 46.3 Å². The van der Waals surface area contributed by atoms with E-state index in [1.807, 2.05) is 30.1 Å². The van der Waals surface area contributed by atoms with Crippen LogP contribution in [0.15, 0.2) is 54.6 Å². The zero-order valence-electron chi connectivity index (χ0n) is 12.8. The summed E-state index contributed by atoms with van der Waals surface area (Å²) in [5, 5.41) is 0. The summed E-state index contributed by atoms with van der Waals surface area (Å²) in [5.74, 6) is 0.0200. The summed E-state index contributed by atoms with van der Waals surface area (Å²) >= 11 is 0. The first-order valence-corrected chi connectivity index (χ1v) is 7.65. The highest BCUT2D eigenvalue weighted by Gasteiger charge is 2.30. The molecule has 1 saturated heterocycles. The first-order chi connectivity index (χ1) is 10.6. The Hall–Kier alpha value is -2.13. The van der Waals surface area contributed by atoms with E-state index in [9.17, 15) is 4.79 Å². The van der Waals surface area contributed by atoms with Gasteiger partial charge in [-0.25, -0.2) is 0 Å². The highest BCUT2D eigenvalue weighted by atomic mass is 16.1. The molecule has 1 amide bonds. The van der Waals surface area contributed by atoms with Crippen molar-refractivity contribution in [2.45, 2.75) is 18.4 Å². The lowest BCUT2D eigenvalue weighted by atomic mass is 9.84.